The number of carbonyl (C=O) groups is 2. The van der Waals surface area contributed by atoms with Crippen LogP contribution in [0.3, 0.4) is 0 Å². The lowest BCUT2D eigenvalue weighted by atomic mass is 10.0. The highest BCUT2D eigenvalue weighted by Crippen LogP contribution is 2.37. The molecule has 0 N–H and O–H groups in total. The van der Waals surface area contributed by atoms with Crippen molar-refractivity contribution in [1.82, 2.24) is 19.6 Å². The van der Waals surface area contributed by atoms with E-state index in [1.165, 1.54) is 30.1 Å². The van der Waals surface area contributed by atoms with Crippen LogP contribution in [0.5, 0.6) is 0 Å². The number of alkyl halides is 3. The SMILES string of the molecule is CC(=O)c1cnn(C(=O)N2CC3CN(Cc4ccc(N5CCOCC5)cc4C(F)(F)F)CC3C2)c1. The van der Waals surface area contributed by atoms with E-state index >= 15 is 0 Å². The van der Waals surface area contributed by atoms with Crippen molar-refractivity contribution >= 4 is 17.5 Å². The number of carbonyl (C=O) groups excluding carboxylic acids is 2. The predicted octanol–water partition coefficient (Wildman–Crippen LogP) is 2.97. The lowest BCUT2D eigenvalue weighted by Crippen LogP contribution is -2.36. The van der Waals surface area contributed by atoms with E-state index in [4.69, 9.17) is 4.74 Å². The molecule has 0 bridgehead atoms. The van der Waals surface area contributed by atoms with Gasteiger partial charge in [0, 0.05) is 57.7 Å². The largest absolute Gasteiger partial charge is 0.416 e. The standard InChI is InChI=1S/C24H28F3N5O3/c1-16(33)18-9-28-32(15-18)23(34)31-13-19-11-29(12-20(19)14-31)10-17-2-3-21(8-22(17)24(25,26)27)30-4-6-35-7-5-30/h2-3,8-9,15,19-20H,4-7,10-14H2,1H3. The number of fused-ring (bicyclic) bond motifs is 1. The van der Waals surface area contributed by atoms with Gasteiger partial charge in [-0.25, -0.2) is 4.79 Å². The van der Waals surface area contributed by atoms with E-state index in [2.05, 4.69) is 10.00 Å². The Balaban J connectivity index is 1.23. The number of benzene rings is 1. The van der Waals surface area contributed by atoms with Crippen LogP contribution in [0.15, 0.2) is 30.6 Å². The molecule has 3 fully saturated rings. The highest BCUT2D eigenvalue weighted by Gasteiger charge is 2.43. The monoisotopic (exact) mass is 491 g/mol. The number of ether oxygens (including phenoxy) is 1. The van der Waals surface area contributed by atoms with Crippen LogP contribution in [-0.2, 0) is 17.5 Å². The number of hydrogen-bond donors (Lipinski definition) is 0. The number of likely N-dealkylation sites (tertiary alicyclic amines) is 2. The van der Waals surface area contributed by atoms with Crippen LogP contribution in [-0.4, -0.2) is 83.9 Å². The van der Waals surface area contributed by atoms with Gasteiger partial charge in [-0.2, -0.15) is 23.0 Å². The molecular formula is C24H28F3N5O3. The van der Waals surface area contributed by atoms with Crippen molar-refractivity contribution in [3.8, 4) is 0 Å². The number of amides is 1. The second-order valence-corrected chi connectivity index (χ2v) is 9.57. The van der Waals surface area contributed by atoms with Crippen LogP contribution in [0.1, 0.15) is 28.4 Å². The minimum absolute atomic E-state index is 0.158. The summed E-state index contributed by atoms with van der Waals surface area (Å²) in [5.41, 5.74) is 0.637. The number of ketones is 1. The second kappa shape index (κ2) is 9.27. The molecule has 1 aromatic heterocycles. The fourth-order valence-electron chi connectivity index (χ4n) is 5.36. The Morgan fingerprint density at radius 2 is 1.77 bits per heavy atom. The third-order valence-corrected chi connectivity index (χ3v) is 7.19. The maximum absolute atomic E-state index is 13.9. The van der Waals surface area contributed by atoms with Gasteiger partial charge in [-0.3, -0.25) is 9.69 Å². The Morgan fingerprint density at radius 1 is 1.09 bits per heavy atom. The van der Waals surface area contributed by atoms with Crippen molar-refractivity contribution < 1.29 is 27.5 Å². The van der Waals surface area contributed by atoms with Gasteiger partial charge in [-0.15, -0.1) is 0 Å². The van der Waals surface area contributed by atoms with Gasteiger partial charge in [-0.1, -0.05) is 6.07 Å². The molecule has 4 heterocycles. The number of hydrogen-bond acceptors (Lipinski definition) is 6. The van der Waals surface area contributed by atoms with Crippen LogP contribution in [0.2, 0.25) is 0 Å². The maximum atomic E-state index is 13.9. The molecule has 2 aromatic rings. The molecule has 35 heavy (non-hydrogen) atoms. The Labute approximate surface area is 201 Å². The Hall–Kier alpha value is -2.92. The molecule has 0 aliphatic carbocycles. The van der Waals surface area contributed by atoms with Crippen molar-refractivity contribution in [2.75, 3.05) is 57.4 Å². The van der Waals surface area contributed by atoms with E-state index in [-0.39, 0.29) is 35.8 Å². The van der Waals surface area contributed by atoms with Crippen LogP contribution >= 0.6 is 0 Å². The zero-order valence-corrected chi connectivity index (χ0v) is 19.5. The van der Waals surface area contributed by atoms with Gasteiger partial charge < -0.3 is 14.5 Å². The fourth-order valence-corrected chi connectivity index (χ4v) is 5.36. The van der Waals surface area contributed by atoms with E-state index in [9.17, 15) is 22.8 Å². The van der Waals surface area contributed by atoms with E-state index in [1.807, 2.05) is 4.90 Å². The molecule has 3 saturated heterocycles. The van der Waals surface area contributed by atoms with E-state index in [0.29, 0.717) is 63.7 Å². The first-order chi connectivity index (χ1) is 16.7. The molecular weight excluding hydrogens is 463 g/mol. The van der Waals surface area contributed by atoms with E-state index in [1.54, 1.807) is 17.0 Å². The molecule has 0 spiro atoms. The summed E-state index contributed by atoms with van der Waals surface area (Å²) in [6.07, 6.45) is -1.62. The first-order valence-electron chi connectivity index (χ1n) is 11.8. The number of nitrogens with zero attached hydrogens (tertiary/aromatic N) is 5. The molecule has 8 nitrogen and oxygen atoms in total. The summed E-state index contributed by atoms with van der Waals surface area (Å²) in [5, 5.41) is 4.00. The van der Waals surface area contributed by atoms with Crippen molar-refractivity contribution in [2.45, 2.75) is 19.6 Å². The van der Waals surface area contributed by atoms with Gasteiger partial charge in [-0.05, 0) is 36.5 Å². The molecule has 2 unspecified atom stereocenters. The van der Waals surface area contributed by atoms with Crippen LogP contribution < -0.4 is 4.90 Å². The summed E-state index contributed by atoms with van der Waals surface area (Å²) in [4.78, 5) is 29.9. The number of morpholine rings is 1. The van der Waals surface area contributed by atoms with E-state index < -0.39 is 11.7 Å². The summed E-state index contributed by atoms with van der Waals surface area (Å²) in [5.74, 6) is 0.238. The average molecular weight is 492 g/mol. The first kappa shape index (κ1) is 23.8. The second-order valence-electron chi connectivity index (χ2n) is 9.57. The molecule has 0 saturated carbocycles. The number of aromatic nitrogens is 2. The third-order valence-electron chi connectivity index (χ3n) is 7.19. The molecule has 0 radical (unpaired) electrons. The third kappa shape index (κ3) is 4.92. The van der Waals surface area contributed by atoms with Gasteiger partial charge in [0.1, 0.15) is 0 Å². The average Bonchev–Trinajstić information content (AvgIpc) is 3.54. The number of halogens is 3. The number of anilines is 1. The number of rotatable bonds is 4. The Bertz CT molecular complexity index is 1100. The van der Waals surface area contributed by atoms with Crippen molar-refractivity contribution in [2.24, 2.45) is 11.8 Å². The van der Waals surface area contributed by atoms with Crippen molar-refractivity contribution in [3.05, 3.63) is 47.3 Å². The topological polar surface area (TPSA) is 70.9 Å². The summed E-state index contributed by atoms with van der Waals surface area (Å²) in [7, 11) is 0. The smallest absolute Gasteiger partial charge is 0.378 e. The molecule has 3 aliphatic heterocycles. The summed E-state index contributed by atoms with van der Waals surface area (Å²) >= 11 is 0. The predicted molar refractivity (Wildman–Crippen MR) is 121 cm³/mol. The van der Waals surface area contributed by atoms with Crippen LogP contribution in [0.4, 0.5) is 23.7 Å². The molecule has 1 amide bonds. The highest BCUT2D eigenvalue weighted by molar-refractivity contribution is 5.94. The summed E-state index contributed by atoms with van der Waals surface area (Å²) < 4.78 is 48.2. The molecule has 3 aliphatic rings. The Kier molecular flexibility index (Phi) is 6.30. The number of Topliss-reactive ketones (excluding diaryl/α,β-unsaturated/α-hetero) is 1. The van der Waals surface area contributed by atoms with Crippen LogP contribution in [0, 0.1) is 11.8 Å². The lowest BCUT2D eigenvalue weighted by molar-refractivity contribution is -0.138. The van der Waals surface area contributed by atoms with Gasteiger partial charge in [0.15, 0.2) is 5.78 Å². The first-order valence-corrected chi connectivity index (χ1v) is 11.8. The lowest BCUT2D eigenvalue weighted by Gasteiger charge is -2.30. The van der Waals surface area contributed by atoms with Gasteiger partial charge >= 0.3 is 12.2 Å². The minimum atomic E-state index is -4.43. The fraction of sp³-hybridized carbons (Fsp3) is 0.542. The Morgan fingerprint density at radius 3 is 2.37 bits per heavy atom. The molecule has 11 heteroatoms. The molecule has 1 aromatic carbocycles. The van der Waals surface area contributed by atoms with E-state index in [0.717, 1.165) is 0 Å². The van der Waals surface area contributed by atoms with Crippen molar-refractivity contribution in [1.29, 1.82) is 0 Å². The van der Waals surface area contributed by atoms with Gasteiger partial charge in [0.05, 0.1) is 30.5 Å². The van der Waals surface area contributed by atoms with Crippen LogP contribution in [0.25, 0.3) is 0 Å². The minimum Gasteiger partial charge on any atom is -0.378 e. The zero-order chi connectivity index (χ0) is 24.7. The quantitative estimate of drug-likeness (QED) is 0.613. The summed E-state index contributed by atoms with van der Waals surface area (Å²) in [6, 6.07) is 4.35. The zero-order valence-electron chi connectivity index (χ0n) is 19.5. The molecule has 188 valence electrons. The molecule has 5 rings (SSSR count). The maximum Gasteiger partial charge on any atom is 0.416 e. The summed E-state index contributed by atoms with van der Waals surface area (Å²) in [6.45, 7) is 6.14. The van der Waals surface area contributed by atoms with Gasteiger partial charge in [0.2, 0.25) is 0 Å². The normalized spacial score (nSPS) is 23.1. The van der Waals surface area contributed by atoms with Crippen molar-refractivity contribution in [3.63, 3.8) is 0 Å². The van der Waals surface area contributed by atoms with Gasteiger partial charge in [0.25, 0.3) is 0 Å². The highest BCUT2D eigenvalue weighted by atomic mass is 19.4. The molecule has 2 atom stereocenters.